The molecule has 0 aromatic carbocycles. The fourth-order valence-electron chi connectivity index (χ4n) is 3.87. The van der Waals surface area contributed by atoms with Gasteiger partial charge in [-0.3, -0.25) is 0 Å². The smallest absolute Gasteiger partial charge is 0.225 e. The number of aryl methyl sites for hydroxylation is 1. The average Bonchev–Trinajstić information content (AvgIpc) is 2.99. The molecule has 2 aliphatic heterocycles. The van der Waals surface area contributed by atoms with Crippen molar-refractivity contribution in [3.63, 3.8) is 0 Å². The van der Waals surface area contributed by atoms with E-state index in [1.165, 1.54) is 18.8 Å². The maximum Gasteiger partial charge on any atom is 0.225 e. The highest BCUT2D eigenvalue weighted by Gasteiger charge is 2.42. The van der Waals surface area contributed by atoms with Gasteiger partial charge in [0.1, 0.15) is 0 Å². The fraction of sp³-hybridized carbons (Fsp3) is 0.529. The number of aromatic nitrogens is 4. The van der Waals surface area contributed by atoms with Gasteiger partial charge in [0.2, 0.25) is 5.95 Å². The zero-order valence-corrected chi connectivity index (χ0v) is 13.8. The first kappa shape index (κ1) is 15.2. The van der Waals surface area contributed by atoms with Crippen molar-refractivity contribution in [3.05, 3.63) is 36.0 Å². The van der Waals surface area contributed by atoms with Crippen molar-refractivity contribution in [2.75, 3.05) is 36.0 Å². The van der Waals surface area contributed by atoms with Gasteiger partial charge in [-0.15, -0.1) is 5.10 Å². The maximum absolute atomic E-state index is 13.1. The highest BCUT2D eigenvalue weighted by atomic mass is 19.1. The highest BCUT2D eigenvalue weighted by molar-refractivity contribution is 5.41. The molecule has 24 heavy (non-hydrogen) atoms. The van der Waals surface area contributed by atoms with E-state index >= 15 is 0 Å². The molecule has 126 valence electrons. The maximum atomic E-state index is 13.1. The molecule has 0 N–H and O–H groups in total. The van der Waals surface area contributed by atoms with Gasteiger partial charge in [0, 0.05) is 31.6 Å². The lowest BCUT2D eigenvalue weighted by molar-refractivity contribution is 0.262. The van der Waals surface area contributed by atoms with Crippen LogP contribution in [0, 0.1) is 18.2 Å². The minimum absolute atomic E-state index is 0.225. The molecule has 2 fully saturated rings. The van der Waals surface area contributed by atoms with E-state index in [0.29, 0.717) is 5.95 Å². The standard InChI is InChI=1S/C17H21FN6/c1-13-3-4-15(22-21-13)23-8-6-17(11-23)5-2-7-24(12-17)16-19-9-14(18)10-20-16/h3-4,9-10H,2,5-8,11-12H2,1H3. The predicted octanol–water partition coefficient (Wildman–Crippen LogP) is 2.21. The minimum atomic E-state index is -0.393. The Morgan fingerprint density at radius 2 is 1.79 bits per heavy atom. The third-order valence-corrected chi connectivity index (χ3v) is 5.10. The molecule has 7 heteroatoms. The summed E-state index contributed by atoms with van der Waals surface area (Å²) in [5.74, 6) is 1.19. The first-order chi connectivity index (χ1) is 11.6. The van der Waals surface area contributed by atoms with Crippen molar-refractivity contribution in [1.29, 1.82) is 0 Å². The number of halogens is 1. The van der Waals surface area contributed by atoms with E-state index in [2.05, 4.69) is 30.0 Å². The van der Waals surface area contributed by atoms with Crippen LogP contribution in [-0.4, -0.2) is 46.3 Å². The molecule has 0 aliphatic carbocycles. The van der Waals surface area contributed by atoms with E-state index in [4.69, 9.17) is 0 Å². The molecule has 0 radical (unpaired) electrons. The third-order valence-electron chi connectivity index (χ3n) is 5.10. The molecule has 2 aromatic heterocycles. The van der Waals surface area contributed by atoms with Gasteiger partial charge < -0.3 is 9.80 Å². The van der Waals surface area contributed by atoms with Crippen molar-refractivity contribution < 1.29 is 4.39 Å². The van der Waals surface area contributed by atoms with Gasteiger partial charge in [-0.05, 0) is 38.3 Å². The first-order valence-corrected chi connectivity index (χ1v) is 8.41. The minimum Gasteiger partial charge on any atom is -0.354 e. The molecule has 2 aromatic rings. The van der Waals surface area contributed by atoms with Gasteiger partial charge in [-0.2, -0.15) is 5.10 Å². The molecule has 4 rings (SSSR count). The molecule has 0 bridgehead atoms. The van der Waals surface area contributed by atoms with Crippen molar-refractivity contribution in [2.45, 2.75) is 26.2 Å². The molecule has 0 amide bonds. The Kier molecular flexibility index (Phi) is 3.78. The van der Waals surface area contributed by atoms with Crippen LogP contribution >= 0.6 is 0 Å². The van der Waals surface area contributed by atoms with E-state index in [-0.39, 0.29) is 5.41 Å². The van der Waals surface area contributed by atoms with Crippen molar-refractivity contribution in [1.82, 2.24) is 20.2 Å². The summed E-state index contributed by atoms with van der Waals surface area (Å²) in [6, 6.07) is 4.05. The topological polar surface area (TPSA) is 58.0 Å². The van der Waals surface area contributed by atoms with Gasteiger partial charge in [0.15, 0.2) is 11.6 Å². The molecule has 4 heterocycles. The van der Waals surface area contributed by atoms with E-state index in [0.717, 1.165) is 50.5 Å². The van der Waals surface area contributed by atoms with E-state index in [1.54, 1.807) is 0 Å². The van der Waals surface area contributed by atoms with Crippen LogP contribution in [0.3, 0.4) is 0 Å². The number of hydrogen-bond acceptors (Lipinski definition) is 6. The quantitative estimate of drug-likeness (QED) is 0.842. The second kappa shape index (κ2) is 5.96. The molecule has 2 saturated heterocycles. The van der Waals surface area contributed by atoms with Gasteiger partial charge >= 0.3 is 0 Å². The van der Waals surface area contributed by atoms with Crippen LogP contribution in [0.4, 0.5) is 16.2 Å². The lowest BCUT2D eigenvalue weighted by atomic mass is 9.79. The van der Waals surface area contributed by atoms with Gasteiger partial charge in [0.05, 0.1) is 18.1 Å². The average molecular weight is 328 g/mol. The van der Waals surface area contributed by atoms with Crippen LogP contribution in [0.25, 0.3) is 0 Å². The lowest BCUT2D eigenvalue weighted by Gasteiger charge is -2.40. The number of piperidine rings is 1. The number of hydrogen-bond donors (Lipinski definition) is 0. The van der Waals surface area contributed by atoms with Crippen molar-refractivity contribution >= 4 is 11.8 Å². The Morgan fingerprint density at radius 1 is 1.00 bits per heavy atom. The summed E-state index contributed by atoms with van der Waals surface area (Å²) in [7, 11) is 0. The molecular weight excluding hydrogens is 307 g/mol. The second-order valence-electron chi connectivity index (χ2n) is 6.93. The van der Waals surface area contributed by atoms with Gasteiger partial charge in [-0.1, -0.05) is 0 Å². The Balaban J connectivity index is 1.49. The Hall–Kier alpha value is -2.31. The number of anilines is 2. The molecular formula is C17H21FN6. The number of nitrogens with zero attached hydrogens (tertiary/aromatic N) is 6. The number of rotatable bonds is 2. The molecule has 0 saturated carbocycles. The summed E-state index contributed by atoms with van der Waals surface area (Å²) in [5.41, 5.74) is 1.16. The molecule has 1 spiro atoms. The molecule has 6 nitrogen and oxygen atoms in total. The fourth-order valence-corrected chi connectivity index (χ4v) is 3.87. The Morgan fingerprint density at radius 3 is 2.54 bits per heavy atom. The first-order valence-electron chi connectivity index (χ1n) is 8.41. The summed E-state index contributed by atoms with van der Waals surface area (Å²) >= 11 is 0. The largest absolute Gasteiger partial charge is 0.354 e. The summed E-state index contributed by atoms with van der Waals surface area (Å²) in [4.78, 5) is 12.8. The van der Waals surface area contributed by atoms with Crippen molar-refractivity contribution in [2.24, 2.45) is 5.41 Å². The summed E-state index contributed by atoms with van der Waals surface area (Å²) in [5, 5.41) is 8.49. The lowest BCUT2D eigenvalue weighted by Crippen LogP contribution is -2.45. The zero-order chi connectivity index (χ0) is 16.6. The van der Waals surface area contributed by atoms with Gasteiger partial charge in [0.25, 0.3) is 0 Å². The van der Waals surface area contributed by atoms with Crippen LogP contribution in [0.2, 0.25) is 0 Å². The molecule has 1 atom stereocenters. The Labute approximate surface area is 140 Å². The van der Waals surface area contributed by atoms with E-state index < -0.39 is 5.82 Å². The normalized spacial score (nSPS) is 23.9. The molecule has 2 aliphatic rings. The highest BCUT2D eigenvalue weighted by Crippen LogP contribution is 2.40. The summed E-state index contributed by atoms with van der Waals surface area (Å²) < 4.78 is 13.1. The van der Waals surface area contributed by atoms with Crippen molar-refractivity contribution in [3.8, 4) is 0 Å². The monoisotopic (exact) mass is 328 g/mol. The van der Waals surface area contributed by atoms with Crippen LogP contribution in [0.5, 0.6) is 0 Å². The molecule has 1 unspecified atom stereocenters. The Bertz CT molecular complexity index is 704. The summed E-state index contributed by atoms with van der Waals surface area (Å²) in [6.45, 7) is 5.76. The van der Waals surface area contributed by atoms with E-state index in [1.807, 2.05) is 19.1 Å². The van der Waals surface area contributed by atoms with Crippen LogP contribution < -0.4 is 9.80 Å². The van der Waals surface area contributed by atoms with E-state index in [9.17, 15) is 4.39 Å². The second-order valence-corrected chi connectivity index (χ2v) is 6.93. The third kappa shape index (κ3) is 2.90. The van der Waals surface area contributed by atoms with Crippen LogP contribution in [-0.2, 0) is 0 Å². The summed E-state index contributed by atoms with van der Waals surface area (Å²) in [6.07, 6.45) is 5.91. The predicted molar refractivity (Wildman–Crippen MR) is 89.5 cm³/mol. The van der Waals surface area contributed by atoms with Crippen LogP contribution in [0.1, 0.15) is 25.0 Å². The SMILES string of the molecule is Cc1ccc(N2CCC3(CCCN(c4ncc(F)cn4)C3)C2)nn1. The zero-order valence-electron chi connectivity index (χ0n) is 13.8. The van der Waals surface area contributed by atoms with Crippen LogP contribution in [0.15, 0.2) is 24.5 Å². The van der Waals surface area contributed by atoms with Gasteiger partial charge in [-0.25, -0.2) is 14.4 Å².